The standard InChI is InChI=1S/C20H29N5/c1-23(11-16-6-8-21-9-7-16)20-5-3-4-18-14-25(15-19(18)20)13-17-10-22-24(2)12-17/h6-10,12,18-20H,3-5,11,13-15H2,1-2H3/t18-,19+,20+/m1/s1. The fourth-order valence-electron chi connectivity index (χ4n) is 4.91. The largest absolute Gasteiger partial charge is 0.299 e. The van der Waals surface area contributed by atoms with Crippen molar-refractivity contribution >= 4 is 0 Å². The zero-order chi connectivity index (χ0) is 17.2. The van der Waals surface area contributed by atoms with E-state index in [1.807, 2.05) is 30.3 Å². The lowest BCUT2D eigenvalue weighted by molar-refractivity contribution is 0.105. The smallest absolute Gasteiger partial charge is 0.0534 e. The fourth-order valence-corrected chi connectivity index (χ4v) is 4.91. The first kappa shape index (κ1) is 16.7. The predicted octanol–water partition coefficient (Wildman–Crippen LogP) is 2.55. The fraction of sp³-hybridized carbons (Fsp3) is 0.600. The summed E-state index contributed by atoms with van der Waals surface area (Å²) in [5, 5.41) is 4.32. The summed E-state index contributed by atoms with van der Waals surface area (Å²) in [5.41, 5.74) is 2.70. The third-order valence-electron chi connectivity index (χ3n) is 6.05. The van der Waals surface area contributed by atoms with Crippen LogP contribution in [0.25, 0.3) is 0 Å². The van der Waals surface area contributed by atoms with E-state index in [1.54, 1.807) is 0 Å². The van der Waals surface area contributed by atoms with E-state index in [2.05, 4.69) is 45.3 Å². The SMILES string of the molecule is CN(Cc1ccncc1)[C@H]1CCC[C@@H]2CN(Cc3cnn(C)c3)C[C@@H]21. The highest BCUT2D eigenvalue weighted by Gasteiger charge is 2.41. The molecule has 25 heavy (non-hydrogen) atoms. The summed E-state index contributed by atoms with van der Waals surface area (Å²) in [6.45, 7) is 4.55. The highest BCUT2D eigenvalue weighted by atomic mass is 15.2. The van der Waals surface area contributed by atoms with Crippen molar-refractivity contribution in [2.45, 2.75) is 38.4 Å². The Hall–Kier alpha value is -1.72. The number of hydrogen-bond donors (Lipinski definition) is 0. The molecule has 1 aliphatic carbocycles. The normalized spacial score (nSPS) is 26.9. The van der Waals surface area contributed by atoms with Crippen LogP contribution in [0.3, 0.4) is 0 Å². The van der Waals surface area contributed by atoms with Gasteiger partial charge in [-0.05, 0) is 49.4 Å². The van der Waals surface area contributed by atoms with Crippen LogP contribution in [0, 0.1) is 11.8 Å². The van der Waals surface area contributed by atoms with Crippen molar-refractivity contribution in [1.82, 2.24) is 24.6 Å². The molecule has 5 heteroatoms. The third kappa shape index (κ3) is 3.77. The van der Waals surface area contributed by atoms with Crippen LogP contribution in [0.2, 0.25) is 0 Å². The molecule has 1 aliphatic heterocycles. The van der Waals surface area contributed by atoms with Gasteiger partial charge in [-0.25, -0.2) is 0 Å². The van der Waals surface area contributed by atoms with Crippen LogP contribution in [0.15, 0.2) is 36.9 Å². The predicted molar refractivity (Wildman–Crippen MR) is 98.8 cm³/mol. The summed E-state index contributed by atoms with van der Waals surface area (Å²) >= 11 is 0. The van der Waals surface area contributed by atoms with Gasteiger partial charge < -0.3 is 0 Å². The molecule has 0 amide bonds. The first-order valence-electron chi connectivity index (χ1n) is 9.48. The number of aromatic nitrogens is 3. The van der Waals surface area contributed by atoms with Crippen molar-refractivity contribution in [1.29, 1.82) is 0 Å². The van der Waals surface area contributed by atoms with Crippen molar-refractivity contribution in [2.75, 3.05) is 20.1 Å². The summed E-state index contributed by atoms with van der Waals surface area (Å²) in [5.74, 6) is 1.66. The molecule has 0 radical (unpaired) electrons. The molecule has 0 bridgehead atoms. The topological polar surface area (TPSA) is 37.2 Å². The van der Waals surface area contributed by atoms with Gasteiger partial charge in [0, 0.05) is 63.4 Å². The molecular formula is C20H29N5. The maximum atomic E-state index is 4.32. The van der Waals surface area contributed by atoms with Crippen LogP contribution in [-0.4, -0.2) is 50.7 Å². The molecule has 3 heterocycles. The molecule has 0 unspecified atom stereocenters. The van der Waals surface area contributed by atoms with Gasteiger partial charge in [-0.1, -0.05) is 6.42 Å². The molecule has 134 valence electrons. The lowest BCUT2D eigenvalue weighted by Crippen LogP contribution is -2.43. The minimum atomic E-state index is 0.700. The third-order valence-corrected chi connectivity index (χ3v) is 6.05. The number of likely N-dealkylation sites (tertiary alicyclic amines) is 1. The first-order valence-corrected chi connectivity index (χ1v) is 9.48. The number of rotatable bonds is 5. The monoisotopic (exact) mass is 339 g/mol. The molecule has 4 rings (SSSR count). The second-order valence-electron chi connectivity index (χ2n) is 7.91. The zero-order valence-electron chi connectivity index (χ0n) is 15.4. The second kappa shape index (κ2) is 7.26. The van der Waals surface area contributed by atoms with Crippen molar-refractivity contribution in [3.8, 4) is 0 Å². The van der Waals surface area contributed by atoms with E-state index in [0.29, 0.717) is 6.04 Å². The minimum absolute atomic E-state index is 0.700. The van der Waals surface area contributed by atoms with Crippen LogP contribution in [0.1, 0.15) is 30.4 Å². The van der Waals surface area contributed by atoms with E-state index in [1.165, 1.54) is 43.5 Å². The van der Waals surface area contributed by atoms with Crippen LogP contribution in [0.5, 0.6) is 0 Å². The average Bonchev–Trinajstić information content (AvgIpc) is 3.21. The van der Waals surface area contributed by atoms with Crippen molar-refractivity contribution in [2.24, 2.45) is 18.9 Å². The van der Waals surface area contributed by atoms with Gasteiger partial charge in [0.2, 0.25) is 0 Å². The highest BCUT2D eigenvalue weighted by Crippen LogP contribution is 2.39. The number of pyridine rings is 1. The first-order chi connectivity index (χ1) is 12.2. The number of hydrogen-bond acceptors (Lipinski definition) is 4. The van der Waals surface area contributed by atoms with Gasteiger partial charge in [0.1, 0.15) is 0 Å². The molecule has 1 saturated heterocycles. The van der Waals surface area contributed by atoms with Gasteiger partial charge in [-0.2, -0.15) is 5.10 Å². The van der Waals surface area contributed by atoms with Crippen molar-refractivity contribution in [3.05, 3.63) is 48.0 Å². The van der Waals surface area contributed by atoms with Gasteiger partial charge in [-0.3, -0.25) is 19.5 Å². The maximum Gasteiger partial charge on any atom is 0.0534 e. The molecule has 2 aromatic heterocycles. The Morgan fingerprint density at radius 3 is 2.76 bits per heavy atom. The molecule has 3 atom stereocenters. The Morgan fingerprint density at radius 1 is 1.16 bits per heavy atom. The average molecular weight is 339 g/mol. The van der Waals surface area contributed by atoms with Gasteiger partial charge >= 0.3 is 0 Å². The number of aryl methyl sites for hydroxylation is 1. The molecule has 2 aliphatic rings. The quantitative estimate of drug-likeness (QED) is 0.839. The summed E-state index contributed by atoms with van der Waals surface area (Å²) in [7, 11) is 4.30. The highest BCUT2D eigenvalue weighted by molar-refractivity contribution is 5.10. The molecular weight excluding hydrogens is 310 g/mol. The van der Waals surface area contributed by atoms with E-state index >= 15 is 0 Å². The summed E-state index contributed by atoms with van der Waals surface area (Å²) in [4.78, 5) is 9.36. The molecule has 1 saturated carbocycles. The van der Waals surface area contributed by atoms with Crippen molar-refractivity contribution in [3.63, 3.8) is 0 Å². The number of fused-ring (bicyclic) bond motifs is 1. The van der Waals surface area contributed by atoms with Gasteiger partial charge in [0.25, 0.3) is 0 Å². The Morgan fingerprint density at radius 2 is 2.00 bits per heavy atom. The molecule has 0 spiro atoms. The van der Waals surface area contributed by atoms with E-state index in [4.69, 9.17) is 0 Å². The van der Waals surface area contributed by atoms with E-state index in [0.717, 1.165) is 24.9 Å². The van der Waals surface area contributed by atoms with Gasteiger partial charge in [-0.15, -0.1) is 0 Å². The van der Waals surface area contributed by atoms with E-state index < -0.39 is 0 Å². The molecule has 0 N–H and O–H groups in total. The lowest BCUT2D eigenvalue weighted by Gasteiger charge is -2.39. The van der Waals surface area contributed by atoms with Crippen molar-refractivity contribution < 1.29 is 0 Å². The Labute approximate surface area is 150 Å². The van der Waals surface area contributed by atoms with E-state index in [9.17, 15) is 0 Å². The summed E-state index contributed by atoms with van der Waals surface area (Å²) < 4.78 is 1.91. The second-order valence-corrected chi connectivity index (χ2v) is 7.91. The number of nitrogens with zero attached hydrogens (tertiary/aromatic N) is 5. The van der Waals surface area contributed by atoms with Crippen LogP contribution >= 0.6 is 0 Å². The Kier molecular flexibility index (Phi) is 4.86. The molecule has 0 aromatic carbocycles. The maximum absolute atomic E-state index is 4.32. The summed E-state index contributed by atoms with van der Waals surface area (Å²) in [6, 6.07) is 4.98. The Bertz CT molecular complexity index is 682. The molecule has 5 nitrogen and oxygen atoms in total. The molecule has 2 aromatic rings. The van der Waals surface area contributed by atoms with Crippen LogP contribution in [-0.2, 0) is 20.1 Å². The zero-order valence-corrected chi connectivity index (χ0v) is 15.4. The van der Waals surface area contributed by atoms with Crippen LogP contribution in [0.4, 0.5) is 0 Å². The van der Waals surface area contributed by atoms with Crippen LogP contribution < -0.4 is 0 Å². The Balaban J connectivity index is 1.40. The molecule has 2 fully saturated rings. The lowest BCUT2D eigenvalue weighted by atomic mass is 9.77. The minimum Gasteiger partial charge on any atom is -0.299 e. The van der Waals surface area contributed by atoms with Gasteiger partial charge in [0.05, 0.1) is 6.20 Å². The van der Waals surface area contributed by atoms with E-state index in [-0.39, 0.29) is 0 Å². The van der Waals surface area contributed by atoms with Gasteiger partial charge in [0.15, 0.2) is 0 Å². The summed E-state index contributed by atoms with van der Waals surface area (Å²) in [6.07, 6.45) is 12.1.